The minimum Gasteiger partial charge on any atom is -0.312 e. The minimum absolute atomic E-state index is 0.0998. The van der Waals surface area contributed by atoms with E-state index in [0.717, 1.165) is 36.2 Å². The van der Waals surface area contributed by atoms with Crippen LogP contribution in [0, 0.1) is 25.2 Å². The Bertz CT molecular complexity index is 540. The number of rotatable bonds is 1. The molecule has 0 aromatic heterocycles. The molecular weight excluding hydrogens is 224 g/mol. The zero-order valence-corrected chi connectivity index (χ0v) is 11.2. The first kappa shape index (κ1) is 12.6. The predicted octanol–water partition coefficient (Wildman–Crippen LogP) is 2.67. The van der Waals surface area contributed by atoms with Crippen molar-refractivity contribution < 1.29 is 4.79 Å². The largest absolute Gasteiger partial charge is 0.312 e. The number of aryl methyl sites for hydroxylation is 1. The summed E-state index contributed by atoms with van der Waals surface area (Å²) in [6.45, 7) is 6.51. The third-order valence-electron chi connectivity index (χ3n) is 3.78. The van der Waals surface area contributed by atoms with Crippen LogP contribution in [0.15, 0.2) is 6.07 Å². The number of anilines is 1. The third kappa shape index (κ3) is 1.99. The number of hydrogen-bond donors (Lipinski definition) is 0. The van der Waals surface area contributed by atoms with Crippen LogP contribution < -0.4 is 4.90 Å². The van der Waals surface area contributed by atoms with Crippen molar-refractivity contribution in [3.05, 3.63) is 28.3 Å². The maximum Gasteiger partial charge on any atom is 0.223 e. The van der Waals surface area contributed by atoms with E-state index in [1.165, 1.54) is 11.1 Å². The summed E-state index contributed by atoms with van der Waals surface area (Å²) in [5, 5.41) is 8.90. The van der Waals surface area contributed by atoms with Crippen LogP contribution in [0.3, 0.4) is 0 Å². The van der Waals surface area contributed by atoms with E-state index in [1.54, 1.807) is 6.92 Å². The van der Waals surface area contributed by atoms with Gasteiger partial charge in [-0.05, 0) is 55.0 Å². The van der Waals surface area contributed by atoms with Crippen LogP contribution in [0.25, 0.3) is 0 Å². The molecule has 0 radical (unpaired) electrons. The molecule has 18 heavy (non-hydrogen) atoms. The van der Waals surface area contributed by atoms with Gasteiger partial charge in [0.2, 0.25) is 5.91 Å². The van der Waals surface area contributed by atoms with Gasteiger partial charge in [0.05, 0.1) is 12.5 Å². The molecule has 1 aromatic carbocycles. The topological polar surface area (TPSA) is 44.1 Å². The van der Waals surface area contributed by atoms with E-state index in [2.05, 4.69) is 19.1 Å². The van der Waals surface area contributed by atoms with Crippen molar-refractivity contribution in [2.45, 2.75) is 40.0 Å². The Balaban J connectivity index is 2.59. The van der Waals surface area contributed by atoms with Crippen LogP contribution >= 0.6 is 0 Å². The first-order chi connectivity index (χ1) is 8.56. The summed E-state index contributed by atoms with van der Waals surface area (Å²) in [6.07, 6.45) is 2.46. The summed E-state index contributed by atoms with van der Waals surface area (Å²) < 4.78 is 0. The van der Waals surface area contributed by atoms with E-state index < -0.39 is 0 Å². The number of fused-ring (bicyclic) bond motifs is 1. The average molecular weight is 242 g/mol. The number of benzene rings is 1. The van der Waals surface area contributed by atoms with E-state index in [0.29, 0.717) is 6.42 Å². The smallest absolute Gasteiger partial charge is 0.223 e. The lowest BCUT2D eigenvalue weighted by Gasteiger charge is -2.31. The van der Waals surface area contributed by atoms with Crippen molar-refractivity contribution in [2.75, 3.05) is 11.4 Å². The maximum atomic E-state index is 11.7. The lowest BCUT2D eigenvalue weighted by molar-refractivity contribution is -0.116. The van der Waals surface area contributed by atoms with E-state index in [4.69, 9.17) is 5.26 Å². The zero-order chi connectivity index (χ0) is 13.3. The summed E-state index contributed by atoms with van der Waals surface area (Å²) >= 11 is 0. The molecule has 3 nitrogen and oxygen atoms in total. The van der Waals surface area contributed by atoms with Gasteiger partial charge in [-0.2, -0.15) is 5.26 Å². The molecule has 0 fully saturated rings. The number of hydrogen-bond acceptors (Lipinski definition) is 2. The third-order valence-corrected chi connectivity index (χ3v) is 3.78. The Morgan fingerprint density at radius 3 is 2.83 bits per heavy atom. The van der Waals surface area contributed by atoms with Crippen LogP contribution in [0.4, 0.5) is 5.69 Å². The normalized spacial score (nSPS) is 14.0. The zero-order valence-electron chi connectivity index (χ0n) is 11.2. The van der Waals surface area contributed by atoms with Crippen LogP contribution in [-0.2, 0) is 17.6 Å². The molecule has 0 spiro atoms. The van der Waals surface area contributed by atoms with Crippen molar-refractivity contribution in [3.8, 4) is 6.07 Å². The molecule has 1 aliphatic heterocycles. The second-order valence-electron chi connectivity index (χ2n) is 4.90. The van der Waals surface area contributed by atoms with Gasteiger partial charge in [-0.15, -0.1) is 0 Å². The molecule has 3 heteroatoms. The highest BCUT2D eigenvalue weighted by atomic mass is 16.2. The molecule has 0 bridgehead atoms. The highest BCUT2D eigenvalue weighted by molar-refractivity contribution is 5.93. The molecule has 0 saturated carbocycles. The molecule has 1 aliphatic rings. The van der Waals surface area contributed by atoms with Crippen molar-refractivity contribution in [2.24, 2.45) is 0 Å². The van der Waals surface area contributed by atoms with E-state index in [-0.39, 0.29) is 5.91 Å². The van der Waals surface area contributed by atoms with Gasteiger partial charge in [0.15, 0.2) is 0 Å². The first-order valence-electron chi connectivity index (χ1n) is 6.33. The number of nitrogens with zero attached hydrogens (tertiary/aromatic N) is 2. The minimum atomic E-state index is 0.0998. The summed E-state index contributed by atoms with van der Waals surface area (Å²) in [5.41, 5.74) is 5.72. The van der Waals surface area contributed by atoms with Crippen LogP contribution in [0.5, 0.6) is 0 Å². The highest BCUT2D eigenvalue weighted by Gasteiger charge is 2.23. The molecule has 1 heterocycles. The van der Waals surface area contributed by atoms with Crippen LogP contribution in [0.2, 0.25) is 0 Å². The molecule has 0 atom stereocenters. The van der Waals surface area contributed by atoms with Gasteiger partial charge in [-0.25, -0.2) is 0 Å². The molecule has 1 amide bonds. The Kier molecular flexibility index (Phi) is 3.38. The summed E-state index contributed by atoms with van der Waals surface area (Å²) in [5.74, 6) is 0.0998. The highest BCUT2D eigenvalue weighted by Crippen LogP contribution is 2.33. The quantitative estimate of drug-likeness (QED) is 0.760. The van der Waals surface area contributed by atoms with Gasteiger partial charge in [0, 0.05) is 19.2 Å². The summed E-state index contributed by atoms with van der Waals surface area (Å²) in [7, 11) is 0. The molecule has 0 aliphatic carbocycles. The van der Waals surface area contributed by atoms with Gasteiger partial charge in [-0.1, -0.05) is 0 Å². The van der Waals surface area contributed by atoms with Crippen LogP contribution in [-0.4, -0.2) is 12.5 Å². The average Bonchev–Trinajstić information content (AvgIpc) is 2.33. The molecule has 1 aromatic rings. The first-order valence-corrected chi connectivity index (χ1v) is 6.33. The van der Waals surface area contributed by atoms with Crippen molar-refractivity contribution >= 4 is 11.6 Å². The second-order valence-corrected chi connectivity index (χ2v) is 4.90. The molecular formula is C15H18N2O. The van der Waals surface area contributed by atoms with Crippen LogP contribution in [0.1, 0.15) is 35.6 Å². The van der Waals surface area contributed by atoms with Gasteiger partial charge >= 0.3 is 0 Å². The fourth-order valence-electron chi connectivity index (χ4n) is 2.82. The molecule has 0 saturated heterocycles. The lowest BCUT2D eigenvalue weighted by Crippen LogP contribution is -2.34. The van der Waals surface area contributed by atoms with E-state index >= 15 is 0 Å². The maximum absolute atomic E-state index is 11.7. The summed E-state index contributed by atoms with van der Waals surface area (Å²) in [6, 6.07) is 4.29. The van der Waals surface area contributed by atoms with Crippen molar-refractivity contribution in [1.82, 2.24) is 0 Å². The van der Waals surface area contributed by atoms with Gasteiger partial charge in [0.1, 0.15) is 0 Å². The molecule has 94 valence electrons. The van der Waals surface area contributed by atoms with Gasteiger partial charge < -0.3 is 4.90 Å². The molecule has 0 N–H and O–H groups in total. The van der Waals surface area contributed by atoms with Gasteiger partial charge in [-0.3, -0.25) is 4.79 Å². The Hall–Kier alpha value is -1.82. The fourth-order valence-corrected chi connectivity index (χ4v) is 2.82. The Morgan fingerprint density at radius 2 is 2.22 bits per heavy atom. The monoisotopic (exact) mass is 242 g/mol. The number of carbonyl (C=O) groups is 1. The number of nitriles is 1. The van der Waals surface area contributed by atoms with E-state index in [9.17, 15) is 4.79 Å². The number of carbonyl (C=O) groups excluding carboxylic acids is 1. The van der Waals surface area contributed by atoms with Crippen molar-refractivity contribution in [3.63, 3.8) is 0 Å². The van der Waals surface area contributed by atoms with Crippen molar-refractivity contribution in [1.29, 1.82) is 5.26 Å². The lowest BCUT2D eigenvalue weighted by atomic mass is 9.89. The Morgan fingerprint density at radius 1 is 1.50 bits per heavy atom. The Labute approximate surface area is 108 Å². The fraction of sp³-hybridized carbons (Fsp3) is 0.467. The predicted molar refractivity (Wildman–Crippen MR) is 71.6 cm³/mol. The van der Waals surface area contributed by atoms with E-state index in [1.807, 2.05) is 11.8 Å². The molecule has 0 unspecified atom stereocenters. The number of amides is 1. The molecule has 2 rings (SSSR count). The summed E-state index contributed by atoms with van der Waals surface area (Å²) in [4.78, 5) is 13.5. The standard InChI is InChI=1S/C15H18N2O/c1-10-9-15-14(11(2)13(10)6-7-16)5-4-8-17(15)12(3)18/h9H,4-6,8H2,1-3H3. The second kappa shape index (κ2) is 4.81. The van der Waals surface area contributed by atoms with Gasteiger partial charge in [0.25, 0.3) is 0 Å². The SMILES string of the molecule is CC(=O)N1CCCc2c1cc(C)c(CC#N)c2C.